The van der Waals surface area contributed by atoms with Gasteiger partial charge >= 0.3 is 0 Å². The van der Waals surface area contributed by atoms with Crippen molar-refractivity contribution in [2.24, 2.45) is 5.73 Å². The zero-order chi connectivity index (χ0) is 13.5. The molecule has 1 rings (SSSR count). The van der Waals surface area contributed by atoms with Crippen LogP contribution in [0.1, 0.15) is 25.3 Å². The second-order valence-corrected chi connectivity index (χ2v) is 4.98. The van der Waals surface area contributed by atoms with Crippen LogP contribution in [-0.2, 0) is 11.2 Å². The van der Waals surface area contributed by atoms with Crippen molar-refractivity contribution in [3.05, 3.63) is 28.8 Å². The van der Waals surface area contributed by atoms with Crippen LogP contribution >= 0.6 is 11.6 Å². The highest BCUT2D eigenvalue weighted by Crippen LogP contribution is 2.24. The molecule has 2 atom stereocenters. The van der Waals surface area contributed by atoms with Gasteiger partial charge in [-0.15, -0.1) is 0 Å². The van der Waals surface area contributed by atoms with Gasteiger partial charge in [0.1, 0.15) is 5.75 Å². The summed E-state index contributed by atoms with van der Waals surface area (Å²) in [6.45, 7) is 2.05. The molecule has 0 radical (unpaired) electrons. The summed E-state index contributed by atoms with van der Waals surface area (Å²) < 4.78 is 10.5. The maximum atomic E-state index is 6.13. The van der Waals surface area contributed by atoms with E-state index in [1.807, 2.05) is 25.1 Å². The molecule has 0 aliphatic heterocycles. The van der Waals surface area contributed by atoms with Crippen molar-refractivity contribution in [1.82, 2.24) is 0 Å². The van der Waals surface area contributed by atoms with Crippen LogP contribution in [0, 0.1) is 0 Å². The van der Waals surface area contributed by atoms with Crippen molar-refractivity contribution >= 4 is 11.6 Å². The Hall–Kier alpha value is -0.770. The number of halogens is 1. The molecule has 2 unspecified atom stereocenters. The lowest BCUT2D eigenvalue weighted by atomic mass is 10.0. The van der Waals surface area contributed by atoms with Crippen LogP contribution < -0.4 is 10.5 Å². The molecule has 0 saturated heterocycles. The summed E-state index contributed by atoms with van der Waals surface area (Å²) >= 11 is 5.99. The second kappa shape index (κ2) is 7.62. The van der Waals surface area contributed by atoms with Gasteiger partial charge < -0.3 is 15.2 Å². The van der Waals surface area contributed by atoms with Crippen molar-refractivity contribution in [2.45, 2.75) is 38.3 Å². The Morgan fingerprint density at radius 3 is 2.61 bits per heavy atom. The van der Waals surface area contributed by atoms with Gasteiger partial charge in [0, 0.05) is 18.2 Å². The van der Waals surface area contributed by atoms with Gasteiger partial charge in [-0.1, -0.05) is 11.6 Å². The maximum Gasteiger partial charge on any atom is 0.122 e. The molecule has 1 aromatic carbocycles. The molecule has 0 saturated carbocycles. The van der Waals surface area contributed by atoms with Crippen molar-refractivity contribution in [1.29, 1.82) is 0 Å². The molecular weight excluding hydrogens is 250 g/mol. The number of ether oxygens (including phenoxy) is 2. The van der Waals surface area contributed by atoms with Crippen LogP contribution in [0.4, 0.5) is 0 Å². The quantitative estimate of drug-likeness (QED) is 0.829. The molecule has 0 fully saturated rings. The molecule has 3 nitrogen and oxygen atoms in total. The summed E-state index contributed by atoms with van der Waals surface area (Å²) in [4.78, 5) is 0. The standard InChI is InChI=1S/C14H22ClNO2/c1-10(17-2)4-6-13(16)9-11-8-12(15)5-7-14(11)18-3/h5,7-8,10,13H,4,6,9,16H2,1-3H3. The lowest BCUT2D eigenvalue weighted by Crippen LogP contribution is -2.24. The maximum absolute atomic E-state index is 6.13. The Labute approximate surface area is 114 Å². The van der Waals surface area contributed by atoms with Gasteiger partial charge in [-0.2, -0.15) is 0 Å². The summed E-state index contributed by atoms with van der Waals surface area (Å²) in [7, 11) is 3.38. The van der Waals surface area contributed by atoms with Crippen LogP contribution in [0.3, 0.4) is 0 Å². The third kappa shape index (κ3) is 4.84. The number of methoxy groups -OCH3 is 2. The van der Waals surface area contributed by atoms with E-state index >= 15 is 0 Å². The molecule has 0 amide bonds. The van der Waals surface area contributed by atoms with Crippen molar-refractivity contribution in [3.8, 4) is 5.75 Å². The Kier molecular flexibility index (Phi) is 6.47. The van der Waals surface area contributed by atoms with E-state index in [1.54, 1.807) is 14.2 Å². The molecule has 0 heterocycles. The molecule has 0 bridgehead atoms. The Bertz CT molecular complexity index is 371. The molecule has 4 heteroatoms. The highest BCUT2D eigenvalue weighted by atomic mass is 35.5. The first kappa shape index (κ1) is 15.3. The minimum atomic E-state index is 0.0926. The normalized spacial score (nSPS) is 14.3. The van der Waals surface area contributed by atoms with E-state index in [9.17, 15) is 0 Å². The third-order valence-corrected chi connectivity index (χ3v) is 3.31. The predicted molar refractivity (Wildman–Crippen MR) is 75.4 cm³/mol. The number of benzene rings is 1. The van der Waals surface area contributed by atoms with Crippen molar-refractivity contribution in [3.63, 3.8) is 0 Å². The fourth-order valence-electron chi connectivity index (χ4n) is 1.86. The number of hydrogen-bond donors (Lipinski definition) is 1. The summed E-state index contributed by atoms with van der Waals surface area (Å²) in [5.41, 5.74) is 7.19. The van der Waals surface area contributed by atoms with Gasteiger partial charge in [0.15, 0.2) is 0 Å². The van der Waals surface area contributed by atoms with Crippen LogP contribution in [0.5, 0.6) is 5.75 Å². The third-order valence-electron chi connectivity index (χ3n) is 3.07. The number of hydrogen-bond acceptors (Lipinski definition) is 3. The van der Waals surface area contributed by atoms with E-state index in [-0.39, 0.29) is 12.1 Å². The fourth-order valence-corrected chi connectivity index (χ4v) is 2.05. The smallest absolute Gasteiger partial charge is 0.122 e. The molecule has 2 N–H and O–H groups in total. The topological polar surface area (TPSA) is 44.5 Å². The first-order valence-electron chi connectivity index (χ1n) is 6.17. The van der Waals surface area contributed by atoms with Crippen LogP contribution in [0.15, 0.2) is 18.2 Å². The van der Waals surface area contributed by atoms with E-state index < -0.39 is 0 Å². The van der Waals surface area contributed by atoms with Gasteiger partial charge in [0.05, 0.1) is 13.2 Å². The zero-order valence-corrected chi connectivity index (χ0v) is 12.0. The van der Waals surface area contributed by atoms with E-state index in [1.165, 1.54) is 0 Å². The average Bonchev–Trinajstić information content (AvgIpc) is 2.36. The van der Waals surface area contributed by atoms with E-state index in [0.29, 0.717) is 5.02 Å². The highest BCUT2D eigenvalue weighted by Gasteiger charge is 2.11. The van der Waals surface area contributed by atoms with E-state index in [4.69, 9.17) is 26.8 Å². The minimum Gasteiger partial charge on any atom is -0.496 e. The Morgan fingerprint density at radius 1 is 1.28 bits per heavy atom. The Balaban J connectivity index is 2.57. The second-order valence-electron chi connectivity index (χ2n) is 4.54. The highest BCUT2D eigenvalue weighted by molar-refractivity contribution is 6.30. The van der Waals surface area contributed by atoms with Gasteiger partial charge in [0.2, 0.25) is 0 Å². The fraction of sp³-hybridized carbons (Fsp3) is 0.571. The zero-order valence-electron chi connectivity index (χ0n) is 11.3. The van der Waals surface area contributed by atoms with Crippen LogP contribution in [0.2, 0.25) is 5.02 Å². The SMILES string of the molecule is COc1ccc(Cl)cc1CC(N)CCC(C)OC. The van der Waals surface area contributed by atoms with E-state index in [0.717, 1.165) is 30.6 Å². The van der Waals surface area contributed by atoms with Gasteiger partial charge in [-0.05, 0) is 49.9 Å². The summed E-state index contributed by atoms with van der Waals surface area (Å²) in [6, 6.07) is 5.71. The molecular formula is C14H22ClNO2. The minimum absolute atomic E-state index is 0.0926. The molecule has 0 spiro atoms. The van der Waals surface area contributed by atoms with Gasteiger partial charge in [-0.25, -0.2) is 0 Å². The van der Waals surface area contributed by atoms with Gasteiger partial charge in [0.25, 0.3) is 0 Å². The molecule has 102 valence electrons. The molecule has 0 aromatic heterocycles. The lowest BCUT2D eigenvalue weighted by Gasteiger charge is -2.16. The molecule has 0 aliphatic rings. The summed E-state index contributed by atoms with van der Waals surface area (Å²) in [6.07, 6.45) is 2.89. The predicted octanol–water partition coefficient (Wildman–Crippen LogP) is 3.03. The first-order valence-corrected chi connectivity index (χ1v) is 6.55. The largest absolute Gasteiger partial charge is 0.496 e. The van der Waals surface area contributed by atoms with Gasteiger partial charge in [-0.3, -0.25) is 0 Å². The summed E-state index contributed by atoms with van der Waals surface area (Å²) in [5, 5.41) is 0.711. The Morgan fingerprint density at radius 2 is 2.00 bits per heavy atom. The van der Waals surface area contributed by atoms with Crippen LogP contribution in [-0.4, -0.2) is 26.4 Å². The monoisotopic (exact) mass is 271 g/mol. The van der Waals surface area contributed by atoms with Crippen molar-refractivity contribution in [2.75, 3.05) is 14.2 Å². The first-order chi connectivity index (χ1) is 8.56. The molecule has 0 aliphatic carbocycles. The summed E-state index contributed by atoms with van der Waals surface area (Å²) in [5.74, 6) is 0.842. The lowest BCUT2D eigenvalue weighted by molar-refractivity contribution is 0.107. The number of nitrogens with two attached hydrogens (primary N) is 1. The van der Waals surface area contributed by atoms with Crippen LogP contribution in [0.25, 0.3) is 0 Å². The van der Waals surface area contributed by atoms with Crippen molar-refractivity contribution < 1.29 is 9.47 Å². The molecule has 1 aromatic rings. The average molecular weight is 272 g/mol. The van der Waals surface area contributed by atoms with E-state index in [2.05, 4.69) is 0 Å². The molecule has 18 heavy (non-hydrogen) atoms. The number of rotatable bonds is 7.